The number of hydrogen-bond acceptors (Lipinski definition) is 7. The van der Waals surface area contributed by atoms with Crippen LogP contribution in [-0.4, -0.2) is 72.0 Å². The quantitative estimate of drug-likeness (QED) is 0.655. The van der Waals surface area contributed by atoms with Gasteiger partial charge in [-0.15, -0.1) is 17.5 Å². The van der Waals surface area contributed by atoms with Crippen LogP contribution in [-0.2, 0) is 11.4 Å². The monoisotopic (exact) mass is 450 g/mol. The Morgan fingerprint density at radius 2 is 2.10 bits per heavy atom. The maximum Gasteiger partial charge on any atom is 0.257 e. The first kappa shape index (κ1) is 22.8. The summed E-state index contributed by atoms with van der Waals surface area (Å²) >= 11 is 0. The zero-order chi connectivity index (χ0) is 21.1. The van der Waals surface area contributed by atoms with E-state index in [2.05, 4.69) is 20.9 Å². The van der Waals surface area contributed by atoms with Crippen molar-refractivity contribution in [2.45, 2.75) is 19.1 Å². The number of aromatic nitrogens is 3. The number of benzene rings is 1. The number of nitrogens with one attached hydrogen (secondary N) is 2. The summed E-state index contributed by atoms with van der Waals surface area (Å²) in [5.74, 6) is 0.703. The molecule has 10 nitrogen and oxygen atoms in total. The molecule has 1 aromatic heterocycles. The lowest BCUT2D eigenvalue weighted by atomic mass is 9.99. The summed E-state index contributed by atoms with van der Waals surface area (Å²) in [5.41, 5.74) is 1.03. The van der Waals surface area contributed by atoms with Crippen LogP contribution < -0.4 is 20.1 Å². The molecule has 1 aromatic carbocycles. The van der Waals surface area contributed by atoms with E-state index < -0.39 is 0 Å². The fourth-order valence-electron chi connectivity index (χ4n) is 3.90. The normalized spacial score (nSPS) is 21.9. The highest BCUT2D eigenvalue weighted by atomic mass is 35.5. The summed E-state index contributed by atoms with van der Waals surface area (Å²) in [7, 11) is 3.23. The van der Waals surface area contributed by atoms with Crippen molar-refractivity contribution in [2.75, 3.05) is 40.3 Å². The smallest absolute Gasteiger partial charge is 0.257 e. The highest BCUT2D eigenvalue weighted by Crippen LogP contribution is 2.32. The first-order chi connectivity index (χ1) is 14.6. The Morgan fingerprint density at radius 1 is 1.26 bits per heavy atom. The van der Waals surface area contributed by atoms with Gasteiger partial charge in [0, 0.05) is 45.6 Å². The Morgan fingerprint density at radius 3 is 2.90 bits per heavy atom. The molecule has 2 amide bonds. The largest absolute Gasteiger partial charge is 0.493 e. The second kappa shape index (κ2) is 9.97. The van der Waals surface area contributed by atoms with Gasteiger partial charge in [-0.2, -0.15) is 0 Å². The van der Waals surface area contributed by atoms with Crippen molar-refractivity contribution in [3.8, 4) is 11.5 Å². The molecule has 0 saturated carbocycles. The number of carbonyl (C=O) groups is 2. The molecule has 31 heavy (non-hydrogen) atoms. The summed E-state index contributed by atoms with van der Waals surface area (Å²) in [6.45, 7) is 2.38. The molecule has 2 N–H and O–H groups in total. The van der Waals surface area contributed by atoms with Crippen LogP contribution in [0.25, 0.3) is 0 Å². The summed E-state index contributed by atoms with van der Waals surface area (Å²) in [4.78, 5) is 27.0. The Hall–Kier alpha value is -2.85. The number of hydrogen-bond donors (Lipinski definition) is 2. The van der Waals surface area contributed by atoms with E-state index in [4.69, 9.17) is 9.47 Å². The third kappa shape index (κ3) is 4.91. The molecule has 1 saturated heterocycles. The maximum absolute atomic E-state index is 13.0. The van der Waals surface area contributed by atoms with Gasteiger partial charge in [-0.05, 0) is 12.1 Å². The van der Waals surface area contributed by atoms with Gasteiger partial charge < -0.3 is 25.0 Å². The first-order valence-corrected chi connectivity index (χ1v) is 10.00. The third-order valence-corrected chi connectivity index (χ3v) is 5.56. The van der Waals surface area contributed by atoms with E-state index in [-0.39, 0.29) is 42.8 Å². The van der Waals surface area contributed by atoms with Crippen LogP contribution in [0.4, 0.5) is 0 Å². The van der Waals surface area contributed by atoms with Crippen molar-refractivity contribution in [3.63, 3.8) is 0 Å². The zero-order valence-corrected chi connectivity index (χ0v) is 18.4. The highest BCUT2D eigenvalue weighted by molar-refractivity contribution is 5.97. The lowest BCUT2D eigenvalue weighted by molar-refractivity contribution is -0.122. The fourth-order valence-corrected chi connectivity index (χ4v) is 3.90. The standard InChI is InChI=1S/C20H26N6O4.ClH/c1-25-7-6-22-18(27)8-13-9-21-10-16(13)26-11-14(23-24-26)12-30-19-15(20(25)28)4-3-5-17(19)29-2;/h3-5,11,13,16,21H,6-10,12H2,1-2H3,(H,22,27);1H/t13-,16+;/m0./s1. The van der Waals surface area contributed by atoms with Gasteiger partial charge in [-0.25, -0.2) is 4.68 Å². The van der Waals surface area contributed by atoms with Crippen molar-refractivity contribution in [3.05, 3.63) is 35.7 Å². The highest BCUT2D eigenvalue weighted by Gasteiger charge is 2.31. The number of para-hydroxylation sites is 1. The number of rotatable bonds is 1. The lowest BCUT2D eigenvalue weighted by Crippen LogP contribution is -2.37. The minimum atomic E-state index is -0.214. The van der Waals surface area contributed by atoms with E-state index in [9.17, 15) is 9.59 Å². The number of likely N-dealkylation sites (N-methyl/N-ethyl adjacent to an activating group) is 1. The number of carbonyl (C=O) groups excluding carboxylic acids is 2. The maximum atomic E-state index is 13.0. The fraction of sp³-hybridized carbons (Fsp3) is 0.500. The number of halogens is 1. The van der Waals surface area contributed by atoms with Crippen LogP contribution in [0.3, 0.4) is 0 Å². The molecule has 168 valence electrons. The minimum Gasteiger partial charge on any atom is -0.493 e. The molecular weight excluding hydrogens is 424 g/mol. The average Bonchev–Trinajstić information content (AvgIpc) is 3.39. The molecule has 2 aromatic rings. The minimum absolute atomic E-state index is 0. The molecule has 4 rings (SSSR count). The van der Waals surface area contributed by atoms with E-state index in [1.165, 1.54) is 7.11 Å². The Kier molecular flexibility index (Phi) is 7.34. The molecule has 2 aliphatic rings. The van der Waals surface area contributed by atoms with E-state index in [1.54, 1.807) is 34.8 Å². The molecule has 0 spiro atoms. The van der Waals surface area contributed by atoms with Crippen LogP contribution >= 0.6 is 12.4 Å². The molecule has 2 aliphatic heterocycles. The predicted molar refractivity (Wildman–Crippen MR) is 115 cm³/mol. The summed E-state index contributed by atoms with van der Waals surface area (Å²) in [6, 6.07) is 5.24. The number of ether oxygens (including phenoxy) is 2. The molecule has 11 heteroatoms. The second-order valence-electron chi connectivity index (χ2n) is 7.58. The summed E-state index contributed by atoms with van der Waals surface area (Å²) in [5, 5.41) is 14.7. The third-order valence-electron chi connectivity index (χ3n) is 5.56. The van der Waals surface area contributed by atoms with Gasteiger partial charge in [-0.1, -0.05) is 11.3 Å². The number of methoxy groups -OCH3 is 1. The van der Waals surface area contributed by atoms with Gasteiger partial charge in [0.25, 0.3) is 5.91 Å². The van der Waals surface area contributed by atoms with Crippen molar-refractivity contribution in [2.24, 2.45) is 5.92 Å². The van der Waals surface area contributed by atoms with Gasteiger partial charge in [0.15, 0.2) is 11.5 Å². The molecule has 0 unspecified atom stereocenters. The van der Waals surface area contributed by atoms with Gasteiger partial charge in [0.05, 0.1) is 24.9 Å². The number of nitrogens with zero attached hydrogens (tertiary/aromatic N) is 4. The summed E-state index contributed by atoms with van der Waals surface area (Å²) in [6.07, 6.45) is 2.22. The molecule has 1 fully saturated rings. The van der Waals surface area contributed by atoms with E-state index >= 15 is 0 Å². The van der Waals surface area contributed by atoms with Gasteiger partial charge in [0.1, 0.15) is 12.3 Å². The molecule has 3 heterocycles. The number of fused-ring (bicyclic) bond motifs is 5. The van der Waals surface area contributed by atoms with Gasteiger partial charge >= 0.3 is 0 Å². The van der Waals surface area contributed by atoms with Crippen molar-refractivity contribution in [1.29, 1.82) is 0 Å². The van der Waals surface area contributed by atoms with E-state index in [0.29, 0.717) is 42.3 Å². The van der Waals surface area contributed by atoms with Gasteiger partial charge in [0.2, 0.25) is 5.91 Å². The molecule has 2 bridgehead atoms. The van der Waals surface area contributed by atoms with Crippen LogP contribution in [0.15, 0.2) is 24.4 Å². The molecule has 0 radical (unpaired) electrons. The SMILES string of the molecule is COc1cccc2c1OCc1cn(nn1)[C@@H]1CNC[C@@H]1CC(=O)NCCN(C)C2=O.Cl. The van der Waals surface area contributed by atoms with Crippen molar-refractivity contribution >= 4 is 24.2 Å². The first-order valence-electron chi connectivity index (χ1n) is 10.00. The lowest BCUT2D eigenvalue weighted by Gasteiger charge is -2.21. The zero-order valence-electron chi connectivity index (χ0n) is 17.5. The van der Waals surface area contributed by atoms with E-state index in [1.807, 2.05) is 6.20 Å². The van der Waals surface area contributed by atoms with Crippen LogP contribution in [0.2, 0.25) is 0 Å². The average molecular weight is 451 g/mol. The number of amides is 2. The van der Waals surface area contributed by atoms with Crippen molar-refractivity contribution in [1.82, 2.24) is 30.5 Å². The second-order valence-corrected chi connectivity index (χ2v) is 7.58. The van der Waals surface area contributed by atoms with Crippen LogP contribution in [0.1, 0.15) is 28.5 Å². The molecular formula is C20H27ClN6O4. The van der Waals surface area contributed by atoms with Gasteiger partial charge in [-0.3, -0.25) is 9.59 Å². The summed E-state index contributed by atoms with van der Waals surface area (Å²) < 4.78 is 13.2. The molecule has 2 atom stereocenters. The van der Waals surface area contributed by atoms with Crippen molar-refractivity contribution < 1.29 is 19.1 Å². The Balaban J connectivity index is 0.00000272. The topological polar surface area (TPSA) is 111 Å². The Labute approximate surface area is 186 Å². The molecule has 0 aliphatic carbocycles. The Bertz CT molecular complexity index is 936. The van der Waals surface area contributed by atoms with E-state index in [0.717, 1.165) is 13.1 Å². The predicted octanol–water partition coefficient (Wildman–Crippen LogP) is 0.640. The van der Waals surface area contributed by atoms with Crippen LogP contribution in [0, 0.1) is 5.92 Å². The van der Waals surface area contributed by atoms with Crippen LogP contribution in [0.5, 0.6) is 11.5 Å².